The molecule has 1 aliphatic rings. The van der Waals surface area contributed by atoms with Gasteiger partial charge in [-0.1, -0.05) is 36.4 Å². The minimum absolute atomic E-state index is 0.153. The molecule has 0 bridgehead atoms. The summed E-state index contributed by atoms with van der Waals surface area (Å²) in [6.07, 6.45) is 1.44. The average molecular weight is 521 g/mol. The zero-order chi connectivity index (χ0) is 24.1. The van der Waals surface area contributed by atoms with Crippen LogP contribution in [0.1, 0.15) is 18.1 Å². The summed E-state index contributed by atoms with van der Waals surface area (Å²) in [4.78, 5) is 38.9. The van der Waals surface area contributed by atoms with Crippen LogP contribution in [0.25, 0.3) is 6.08 Å². The number of carbonyl (C=O) groups excluding carboxylic acids is 3. The van der Waals surface area contributed by atoms with Crippen molar-refractivity contribution in [1.82, 2.24) is 5.32 Å². The van der Waals surface area contributed by atoms with Crippen LogP contribution in [0.15, 0.2) is 82.8 Å². The number of nitrogens with zero attached hydrogens (tertiary/aromatic N) is 1. The van der Waals surface area contributed by atoms with Crippen LogP contribution in [0.2, 0.25) is 0 Å². The van der Waals surface area contributed by atoms with E-state index in [2.05, 4.69) is 21.2 Å². The molecule has 7 nitrogen and oxygen atoms in total. The van der Waals surface area contributed by atoms with Gasteiger partial charge in [-0.15, -0.1) is 0 Å². The lowest BCUT2D eigenvalue weighted by molar-refractivity contribution is -0.122. The first-order valence-electron chi connectivity index (χ1n) is 10.6. The van der Waals surface area contributed by atoms with Crippen molar-refractivity contribution >= 4 is 45.5 Å². The molecule has 1 heterocycles. The summed E-state index contributed by atoms with van der Waals surface area (Å²) in [5, 5.41) is 2.23. The molecular formula is C26H21BrN2O5. The molecular weight excluding hydrogens is 500 g/mol. The van der Waals surface area contributed by atoms with Crippen LogP contribution in [-0.2, 0) is 16.2 Å². The van der Waals surface area contributed by atoms with E-state index >= 15 is 0 Å². The quantitative estimate of drug-likeness (QED) is 0.346. The number of hydrogen-bond acceptors (Lipinski definition) is 5. The molecule has 1 fully saturated rings. The van der Waals surface area contributed by atoms with E-state index in [9.17, 15) is 14.4 Å². The van der Waals surface area contributed by atoms with Crippen LogP contribution >= 0.6 is 15.9 Å². The maximum Gasteiger partial charge on any atom is 0.335 e. The molecule has 0 atom stereocenters. The number of anilines is 1. The van der Waals surface area contributed by atoms with Gasteiger partial charge in [-0.2, -0.15) is 0 Å². The van der Waals surface area contributed by atoms with Gasteiger partial charge in [0, 0.05) is 0 Å². The van der Waals surface area contributed by atoms with Gasteiger partial charge >= 0.3 is 6.03 Å². The third-order valence-electron chi connectivity index (χ3n) is 5.01. The van der Waals surface area contributed by atoms with E-state index in [1.165, 1.54) is 6.08 Å². The highest BCUT2D eigenvalue weighted by Crippen LogP contribution is 2.28. The normalized spacial score (nSPS) is 14.8. The summed E-state index contributed by atoms with van der Waals surface area (Å²) in [7, 11) is 0. The minimum Gasteiger partial charge on any atom is -0.493 e. The van der Waals surface area contributed by atoms with Crippen LogP contribution in [0.5, 0.6) is 11.5 Å². The second-order valence-electron chi connectivity index (χ2n) is 7.35. The SMILES string of the molecule is CCOc1ccc(/C=C2\C(=O)NC(=O)N(c3ccc(OCc4ccccc4)cc3)C2=O)cc1Br. The first kappa shape index (κ1) is 23.3. The van der Waals surface area contributed by atoms with Crippen molar-refractivity contribution in [2.45, 2.75) is 13.5 Å². The first-order chi connectivity index (χ1) is 16.5. The lowest BCUT2D eigenvalue weighted by Crippen LogP contribution is -2.54. The Bertz CT molecular complexity index is 1260. The second kappa shape index (κ2) is 10.4. The molecule has 0 unspecified atom stereocenters. The van der Waals surface area contributed by atoms with Crippen molar-refractivity contribution in [2.75, 3.05) is 11.5 Å². The van der Waals surface area contributed by atoms with Crippen molar-refractivity contribution in [2.24, 2.45) is 0 Å². The maximum absolute atomic E-state index is 13.1. The number of amides is 4. The van der Waals surface area contributed by atoms with Crippen LogP contribution in [0.4, 0.5) is 10.5 Å². The molecule has 1 saturated heterocycles. The van der Waals surface area contributed by atoms with E-state index in [1.54, 1.807) is 42.5 Å². The molecule has 0 spiro atoms. The number of nitrogens with one attached hydrogen (secondary N) is 1. The summed E-state index contributed by atoms with van der Waals surface area (Å²) in [6, 6.07) is 20.6. The van der Waals surface area contributed by atoms with Gasteiger partial charge < -0.3 is 9.47 Å². The number of ether oxygens (including phenoxy) is 2. The minimum atomic E-state index is -0.807. The molecule has 0 aliphatic carbocycles. The van der Waals surface area contributed by atoms with Gasteiger partial charge in [-0.05, 0) is 76.5 Å². The molecule has 172 valence electrons. The van der Waals surface area contributed by atoms with E-state index < -0.39 is 17.8 Å². The number of urea groups is 1. The Balaban J connectivity index is 1.53. The average Bonchev–Trinajstić information content (AvgIpc) is 2.83. The molecule has 1 N–H and O–H groups in total. The van der Waals surface area contributed by atoms with Crippen molar-refractivity contribution in [3.05, 3.63) is 94.0 Å². The molecule has 0 radical (unpaired) electrons. The number of rotatable bonds is 7. The van der Waals surface area contributed by atoms with Crippen molar-refractivity contribution < 1.29 is 23.9 Å². The second-order valence-corrected chi connectivity index (χ2v) is 8.20. The monoisotopic (exact) mass is 520 g/mol. The lowest BCUT2D eigenvalue weighted by atomic mass is 10.1. The molecule has 34 heavy (non-hydrogen) atoms. The third-order valence-corrected chi connectivity index (χ3v) is 5.63. The molecule has 4 rings (SSSR count). The number of carbonyl (C=O) groups is 3. The molecule has 0 aromatic heterocycles. The van der Waals surface area contributed by atoms with E-state index in [-0.39, 0.29) is 5.57 Å². The van der Waals surface area contributed by atoms with E-state index in [0.717, 1.165) is 10.5 Å². The summed E-state index contributed by atoms with van der Waals surface area (Å²) < 4.78 is 11.9. The Hall–Kier alpha value is -3.91. The van der Waals surface area contributed by atoms with Gasteiger partial charge in [0.1, 0.15) is 23.7 Å². The molecule has 1 aliphatic heterocycles. The lowest BCUT2D eigenvalue weighted by Gasteiger charge is -2.26. The highest BCUT2D eigenvalue weighted by molar-refractivity contribution is 9.10. The Labute approximate surface area is 205 Å². The van der Waals surface area contributed by atoms with Crippen LogP contribution < -0.4 is 19.7 Å². The fourth-order valence-corrected chi connectivity index (χ4v) is 3.88. The van der Waals surface area contributed by atoms with Gasteiger partial charge in [0.15, 0.2) is 0 Å². The largest absolute Gasteiger partial charge is 0.493 e. The van der Waals surface area contributed by atoms with Gasteiger partial charge in [0.2, 0.25) is 0 Å². The smallest absolute Gasteiger partial charge is 0.335 e. The number of hydrogen-bond donors (Lipinski definition) is 1. The predicted octanol–water partition coefficient (Wildman–Crippen LogP) is 5.09. The Kier molecular flexibility index (Phi) is 7.08. The van der Waals surface area contributed by atoms with E-state index in [4.69, 9.17) is 9.47 Å². The maximum atomic E-state index is 13.1. The van der Waals surface area contributed by atoms with Gasteiger partial charge in [-0.3, -0.25) is 14.9 Å². The zero-order valence-electron chi connectivity index (χ0n) is 18.3. The Morgan fingerprint density at radius 2 is 1.68 bits per heavy atom. The topological polar surface area (TPSA) is 84.9 Å². The number of barbiturate groups is 1. The highest BCUT2D eigenvalue weighted by atomic mass is 79.9. The Morgan fingerprint density at radius 3 is 2.35 bits per heavy atom. The standard InChI is InChI=1S/C26H21BrN2O5/c1-2-33-23-13-8-18(15-22(23)27)14-21-24(30)28-26(32)29(25(21)31)19-9-11-20(12-10-19)34-16-17-6-4-3-5-7-17/h3-15H,2,16H2,1H3,(H,28,30,32)/b21-14+. The summed E-state index contributed by atoms with van der Waals surface area (Å²) in [5.41, 5.74) is 1.79. The zero-order valence-corrected chi connectivity index (χ0v) is 19.9. The van der Waals surface area contributed by atoms with E-state index in [1.807, 2.05) is 37.3 Å². The molecule has 4 amide bonds. The Morgan fingerprint density at radius 1 is 0.941 bits per heavy atom. The van der Waals surface area contributed by atoms with Gasteiger partial charge in [0.25, 0.3) is 11.8 Å². The summed E-state index contributed by atoms with van der Waals surface area (Å²) >= 11 is 3.42. The van der Waals surface area contributed by atoms with Crippen molar-refractivity contribution in [1.29, 1.82) is 0 Å². The molecule has 8 heteroatoms. The van der Waals surface area contributed by atoms with Crippen molar-refractivity contribution in [3.63, 3.8) is 0 Å². The number of benzene rings is 3. The fourth-order valence-electron chi connectivity index (χ4n) is 3.37. The van der Waals surface area contributed by atoms with Crippen LogP contribution in [0, 0.1) is 0 Å². The van der Waals surface area contributed by atoms with E-state index in [0.29, 0.717) is 40.4 Å². The number of imide groups is 2. The van der Waals surface area contributed by atoms with Crippen LogP contribution in [-0.4, -0.2) is 24.5 Å². The fraction of sp³-hybridized carbons (Fsp3) is 0.115. The summed E-state index contributed by atoms with van der Waals surface area (Å²) in [5.74, 6) is -0.227. The third kappa shape index (κ3) is 5.18. The molecule has 3 aromatic rings. The van der Waals surface area contributed by atoms with Gasteiger partial charge in [-0.25, -0.2) is 9.69 Å². The summed E-state index contributed by atoms with van der Waals surface area (Å²) in [6.45, 7) is 2.77. The number of halogens is 1. The highest BCUT2D eigenvalue weighted by Gasteiger charge is 2.36. The van der Waals surface area contributed by atoms with Gasteiger partial charge in [0.05, 0.1) is 16.8 Å². The predicted molar refractivity (Wildman–Crippen MR) is 132 cm³/mol. The molecule has 3 aromatic carbocycles. The van der Waals surface area contributed by atoms with Crippen molar-refractivity contribution in [3.8, 4) is 11.5 Å². The van der Waals surface area contributed by atoms with Crippen LogP contribution in [0.3, 0.4) is 0 Å². The molecule has 0 saturated carbocycles. The first-order valence-corrected chi connectivity index (χ1v) is 11.4.